The molecule has 2 N–H and O–H groups in total. The molecule has 19 heavy (non-hydrogen) atoms. The van der Waals surface area contributed by atoms with E-state index in [2.05, 4.69) is 10.9 Å². The van der Waals surface area contributed by atoms with E-state index >= 15 is 0 Å². The Morgan fingerprint density at radius 2 is 1.89 bits per heavy atom. The summed E-state index contributed by atoms with van der Waals surface area (Å²) in [5.74, 6) is 0. The van der Waals surface area contributed by atoms with E-state index in [1.165, 1.54) is 0 Å². The highest BCUT2D eigenvalue weighted by Gasteiger charge is 2.17. The molecule has 1 unspecified atom stereocenters. The molecule has 1 rings (SSSR count). The van der Waals surface area contributed by atoms with Gasteiger partial charge < -0.3 is 4.74 Å². The fourth-order valence-electron chi connectivity index (χ4n) is 1.57. The molecule has 0 saturated carbocycles. The zero-order valence-corrected chi connectivity index (χ0v) is 12.5. The van der Waals surface area contributed by atoms with Crippen LogP contribution in [-0.4, -0.2) is 11.7 Å². The number of hydrogen-bond donors (Lipinski definition) is 2. The number of amides is 1. The number of rotatable bonds is 4. The lowest BCUT2D eigenvalue weighted by Crippen LogP contribution is -2.42. The van der Waals surface area contributed by atoms with E-state index in [-0.39, 0.29) is 6.04 Å². The molecular formula is C14H21ClN2O2. The second-order valence-corrected chi connectivity index (χ2v) is 5.72. The van der Waals surface area contributed by atoms with Gasteiger partial charge in [0.05, 0.1) is 6.04 Å². The molecule has 0 saturated heterocycles. The number of hydrogen-bond acceptors (Lipinski definition) is 3. The van der Waals surface area contributed by atoms with Crippen molar-refractivity contribution in [2.75, 3.05) is 0 Å². The third-order valence-corrected chi connectivity index (χ3v) is 2.68. The van der Waals surface area contributed by atoms with E-state index in [0.717, 1.165) is 12.0 Å². The summed E-state index contributed by atoms with van der Waals surface area (Å²) in [7, 11) is 0. The standard InChI is InChI=1S/C14H21ClN2O2/c1-5-12(10-6-8-11(15)9-7-10)16-17-13(18)19-14(2,3)4/h6-9,12,16H,5H2,1-4H3,(H,17,18). The second kappa shape index (κ2) is 6.78. The van der Waals surface area contributed by atoms with Crippen LogP contribution < -0.4 is 10.9 Å². The summed E-state index contributed by atoms with van der Waals surface area (Å²) >= 11 is 5.85. The molecule has 1 atom stereocenters. The molecule has 0 heterocycles. The van der Waals surface area contributed by atoms with Crippen LogP contribution >= 0.6 is 11.6 Å². The van der Waals surface area contributed by atoms with Gasteiger partial charge in [-0.2, -0.15) is 0 Å². The molecule has 0 bridgehead atoms. The molecule has 0 aromatic heterocycles. The monoisotopic (exact) mass is 284 g/mol. The summed E-state index contributed by atoms with van der Waals surface area (Å²) in [6, 6.07) is 7.54. The Morgan fingerprint density at radius 1 is 1.32 bits per heavy atom. The van der Waals surface area contributed by atoms with E-state index in [1.54, 1.807) is 0 Å². The Labute approximate surface area is 119 Å². The molecule has 0 spiro atoms. The molecule has 0 radical (unpaired) electrons. The Morgan fingerprint density at radius 3 is 2.37 bits per heavy atom. The number of hydrazine groups is 1. The van der Waals surface area contributed by atoms with Crippen molar-refractivity contribution in [3.63, 3.8) is 0 Å². The van der Waals surface area contributed by atoms with Crippen LogP contribution in [0.25, 0.3) is 0 Å². The van der Waals surface area contributed by atoms with Crippen molar-refractivity contribution in [1.29, 1.82) is 0 Å². The van der Waals surface area contributed by atoms with Crippen LogP contribution in [0.2, 0.25) is 5.02 Å². The van der Waals surface area contributed by atoms with Gasteiger partial charge in [0.2, 0.25) is 0 Å². The van der Waals surface area contributed by atoms with Crippen molar-refractivity contribution in [3.05, 3.63) is 34.9 Å². The van der Waals surface area contributed by atoms with Crippen LogP contribution in [0.3, 0.4) is 0 Å². The number of carbonyl (C=O) groups excluding carboxylic acids is 1. The number of halogens is 1. The minimum Gasteiger partial charge on any atom is -0.443 e. The van der Waals surface area contributed by atoms with E-state index in [1.807, 2.05) is 52.0 Å². The molecule has 0 aliphatic rings. The van der Waals surface area contributed by atoms with Crippen molar-refractivity contribution in [1.82, 2.24) is 10.9 Å². The third kappa shape index (κ3) is 5.94. The van der Waals surface area contributed by atoms with Gasteiger partial charge in [0.1, 0.15) is 5.60 Å². The largest absolute Gasteiger partial charge is 0.443 e. The lowest BCUT2D eigenvalue weighted by atomic mass is 10.1. The van der Waals surface area contributed by atoms with Crippen LogP contribution in [0, 0.1) is 0 Å². The number of carbonyl (C=O) groups is 1. The van der Waals surface area contributed by atoms with Crippen LogP contribution in [0.1, 0.15) is 45.7 Å². The topological polar surface area (TPSA) is 50.4 Å². The highest BCUT2D eigenvalue weighted by molar-refractivity contribution is 6.30. The van der Waals surface area contributed by atoms with E-state index in [0.29, 0.717) is 5.02 Å². The summed E-state index contributed by atoms with van der Waals surface area (Å²) < 4.78 is 5.15. The average molecular weight is 285 g/mol. The maximum absolute atomic E-state index is 11.5. The smallest absolute Gasteiger partial charge is 0.422 e. The van der Waals surface area contributed by atoms with E-state index < -0.39 is 11.7 Å². The minimum absolute atomic E-state index is 0.0183. The van der Waals surface area contributed by atoms with E-state index in [4.69, 9.17) is 16.3 Å². The summed E-state index contributed by atoms with van der Waals surface area (Å²) in [6.45, 7) is 7.50. The molecule has 0 aliphatic heterocycles. The quantitative estimate of drug-likeness (QED) is 0.827. The van der Waals surface area contributed by atoms with Gasteiger partial charge in [-0.1, -0.05) is 30.7 Å². The first-order valence-electron chi connectivity index (χ1n) is 6.32. The molecule has 0 fully saturated rings. The summed E-state index contributed by atoms with van der Waals surface area (Å²) in [6.07, 6.45) is 0.345. The van der Waals surface area contributed by atoms with Gasteiger partial charge in [0.25, 0.3) is 0 Å². The van der Waals surface area contributed by atoms with Crippen LogP contribution in [0.4, 0.5) is 4.79 Å². The van der Waals surface area contributed by atoms with Gasteiger partial charge in [-0.25, -0.2) is 10.2 Å². The van der Waals surface area contributed by atoms with Gasteiger partial charge in [-0.3, -0.25) is 5.43 Å². The summed E-state index contributed by atoms with van der Waals surface area (Å²) in [4.78, 5) is 11.5. The van der Waals surface area contributed by atoms with Crippen molar-refractivity contribution >= 4 is 17.7 Å². The van der Waals surface area contributed by atoms with Gasteiger partial charge in [0.15, 0.2) is 0 Å². The zero-order chi connectivity index (χ0) is 14.5. The average Bonchev–Trinajstić information content (AvgIpc) is 2.29. The Kier molecular flexibility index (Phi) is 5.63. The number of ether oxygens (including phenoxy) is 1. The normalized spacial score (nSPS) is 12.9. The van der Waals surface area contributed by atoms with Crippen LogP contribution in [0.5, 0.6) is 0 Å². The Hall–Kier alpha value is -1.26. The van der Waals surface area contributed by atoms with Crippen molar-refractivity contribution in [2.24, 2.45) is 0 Å². The second-order valence-electron chi connectivity index (χ2n) is 5.28. The first kappa shape index (κ1) is 15.8. The van der Waals surface area contributed by atoms with Crippen molar-refractivity contribution in [2.45, 2.75) is 45.8 Å². The van der Waals surface area contributed by atoms with Gasteiger partial charge in [-0.05, 0) is 44.9 Å². The lowest BCUT2D eigenvalue weighted by molar-refractivity contribution is 0.0487. The fourth-order valence-corrected chi connectivity index (χ4v) is 1.69. The zero-order valence-electron chi connectivity index (χ0n) is 11.8. The number of benzene rings is 1. The maximum atomic E-state index is 11.5. The molecule has 4 nitrogen and oxygen atoms in total. The first-order chi connectivity index (χ1) is 8.81. The van der Waals surface area contributed by atoms with Crippen molar-refractivity contribution in [3.8, 4) is 0 Å². The molecule has 5 heteroatoms. The fraction of sp³-hybridized carbons (Fsp3) is 0.500. The van der Waals surface area contributed by atoms with E-state index in [9.17, 15) is 4.79 Å². The molecular weight excluding hydrogens is 264 g/mol. The minimum atomic E-state index is -0.506. The molecule has 106 valence electrons. The lowest BCUT2D eigenvalue weighted by Gasteiger charge is -2.22. The summed E-state index contributed by atoms with van der Waals surface area (Å²) in [5, 5.41) is 0.693. The van der Waals surface area contributed by atoms with Gasteiger partial charge in [-0.15, -0.1) is 0 Å². The third-order valence-electron chi connectivity index (χ3n) is 2.43. The van der Waals surface area contributed by atoms with Crippen LogP contribution in [-0.2, 0) is 4.74 Å². The van der Waals surface area contributed by atoms with Crippen molar-refractivity contribution < 1.29 is 9.53 Å². The maximum Gasteiger partial charge on any atom is 0.422 e. The highest BCUT2D eigenvalue weighted by Crippen LogP contribution is 2.18. The SMILES string of the molecule is CCC(NNC(=O)OC(C)(C)C)c1ccc(Cl)cc1. The van der Waals surface area contributed by atoms with Gasteiger partial charge in [0, 0.05) is 5.02 Å². The molecule has 1 aromatic rings. The highest BCUT2D eigenvalue weighted by atomic mass is 35.5. The summed E-state index contributed by atoms with van der Waals surface area (Å²) in [5.41, 5.74) is 6.07. The Balaban J connectivity index is 2.54. The Bertz CT molecular complexity index is 412. The molecule has 1 aromatic carbocycles. The van der Waals surface area contributed by atoms with Crippen LogP contribution in [0.15, 0.2) is 24.3 Å². The predicted molar refractivity (Wildman–Crippen MR) is 77.0 cm³/mol. The first-order valence-corrected chi connectivity index (χ1v) is 6.69. The van der Waals surface area contributed by atoms with Gasteiger partial charge >= 0.3 is 6.09 Å². The number of nitrogens with one attached hydrogen (secondary N) is 2. The molecule has 1 amide bonds. The predicted octanol–water partition coefficient (Wildman–Crippen LogP) is 3.82. The molecule has 0 aliphatic carbocycles.